The Hall–Kier alpha value is -2.01. The van der Waals surface area contributed by atoms with E-state index < -0.39 is 0 Å². The normalized spacial score (nSPS) is 10.8. The van der Waals surface area contributed by atoms with Gasteiger partial charge in [-0.3, -0.25) is 4.99 Å². The maximum absolute atomic E-state index is 5.58. The number of hydrogen-bond acceptors (Lipinski definition) is 4. The van der Waals surface area contributed by atoms with Gasteiger partial charge in [0.25, 0.3) is 0 Å². The summed E-state index contributed by atoms with van der Waals surface area (Å²) in [6.45, 7) is 5.13. The Labute approximate surface area is 145 Å². The fourth-order valence-electron chi connectivity index (χ4n) is 2.04. The van der Waals surface area contributed by atoms with Crippen LogP contribution in [0.5, 0.6) is 17.2 Å². The lowest BCUT2D eigenvalue weighted by Crippen LogP contribution is -1.97. The summed E-state index contributed by atoms with van der Waals surface area (Å²) in [5.74, 6) is 2.22. The van der Waals surface area contributed by atoms with Crippen molar-refractivity contribution in [1.29, 1.82) is 0 Å². The highest BCUT2D eigenvalue weighted by Crippen LogP contribution is 2.36. The highest BCUT2D eigenvalue weighted by atomic mass is 79.9. The predicted octanol–water partition coefficient (Wildman–Crippen LogP) is 5.01. The topological polar surface area (TPSA) is 40.0 Å². The van der Waals surface area contributed by atoms with Crippen molar-refractivity contribution < 1.29 is 14.2 Å². The van der Waals surface area contributed by atoms with Gasteiger partial charge in [-0.25, -0.2) is 0 Å². The number of aliphatic imine (C=N–C) groups is 1. The molecule has 0 spiro atoms. The molecule has 0 N–H and O–H groups in total. The Morgan fingerprint density at radius 3 is 2.35 bits per heavy atom. The number of methoxy groups -OCH3 is 1. The van der Waals surface area contributed by atoms with Crippen LogP contribution in [0, 0.1) is 0 Å². The van der Waals surface area contributed by atoms with Crippen molar-refractivity contribution >= 4 is 27.8 Å². The molecule has 122 valence electrons. The van der Waals surface area contributed by atoms with E-state index in [0.717, 1.165) is 21.5 Å². The molecule has 0 saturated carbocycles. The van der Waals surface area contributed by atoms with Crippen molar-refractivity contribution in [3.05, 3.63) is 46.4 Å². The monoisotopic (exact) mass is 377 g/mol. The van der Waals surface area contributed by atoms with Crippen LogP contribution in [-0.4, -0.2) is 26.5 Å². The summed E-state index contributed by atoms with van der Waals surface area (Å²) in [4.78, 5) is 4.47. The lowest BCUT2D eigenvalue weighted by atomic mass is 10.2. The van der Waals surface area contributed by atoms with Gasteiger partial charge >= 0.3 is 0 Å². The number of rotatable bonds is 7. The Balaban J connectivity index is 2.20. The van der Waals surface area contributed by atoms with Crippen molar-refractivity contribution in [3.8, 4) is 17.2 Å². The standard InChI is InChI=1S/C18H20BrNO3/c1-4-22-15-8-6-14(7-9-15)20-12-13-10-16(19)18(23-5-2)17(11-13)21-3/h6-12H,4-5H2,1-3H3. The van der Waals surface area contributed by atoms with E-state index in [-0.39, 0.29) is 0 Å². The molecule has 0 atom stereocenters. The lowest BCUT2D eigenvalue weighted by molar-refractivity contribution is 0.309. The summed E-state index contributed by atoms with van der Waals surface area (Å²) in [5, 5.41) is 0. The van der Waals surface area contributed by atoms with Crippen LogP contribution in [0.15, 0.2) is 45.9 Å². The first-order valence-electron chi connectivity index (χ1n) is 7.45. The highest BCUT2D eigenvalue weighted by Gasteiger charge is 2.10. The first-order chi connectivity index (χ1) is 11.2. The maximum Gasteiger partial charge on any atom is 0.175 e. The summed E-state index contributed by atoms with van der Waals surface area (Å²) < 4.78 is 17.2. The van der Waals surface area contributed by atoms with E-state index in [1.807, 2.05) is 50.2 Å². The van der Waals surface area contributed by atoms with E-state index in [1.165, 1.54) is 0 Å². The lowest BCUT2D eigenvalue weighted by Gasteiger charge is -2.12. The number of halogens is 1. The zero-order chi connectivity index (χ0) is 16.7. The molecule has 2 rings (SSSR count). The molecule has 0 fully saturated rings. The second-order valence-corrected chi connectivity index (χ2v) is 5.51. The summed E-state index contributed by atoms with van der Waals surface area (Å²) in [6, 6.07) is 11.5. The van der Waals surface area contributed by atoms with Gasteiger partial charge in [0.1, 0.15) is 5.75 Å². The Morgan fingerprint density at radius 2 is 1.74 bits per heavy atom. The smallest absolute Gasteiger partial charge is 0.175 e. The molecule has 4 nitrogen and oxygen atoms in total. The van der Waals surface area contributed by atoms with Crippen LogP contribution in [0.25, 0.3) is 0 Å². The van der Waals surface area contributed by atoms with Crippen molar-refractivity contribution in [2.75, 3.05) is 20.3 Å². The molecule has 0 unspecified atom stereocenters. The predicted molar refractivity (Wildman–Crippen MR) is 96.7 cm³/mol. The van der Waals surface area contributed by atoms with Crippen molar-refractivity contribution in [3.63, 3.8) is 0 Å². The zero-order valence-corrected chi connectivity index (χ0v) is 15.1. The van der Waals surface area contributed by atoms with Crippen LogP contribution in [0.3, 0.4) is 0 Å². The number of hydrogen-bond donors (Lipinski definition) is 0. The number of benzene rings is 2. The minimum Gasteiger partial charge on any atom is -0.494 e. The molecule has 0 heterocycles. The third-order valence-electron chi connectivity index (χ3n) is 3.05. The molecule has 0 amide bonds. The summed E-state index contributed by atoms with van der Waals surface area (Å²) in [7, 11) is 1.62. The van der Waals surface area contributed by atoms with E-state index in [9.17, 15) is 0 Å². The molecule has 2 aromatic carbocycles. The van der Waals surface area contributed by atoms with Gasteiger partial charge < -0.3 is 14.2 Å². The van der Waals surface area contributed by atoms with Crippen LogP contribution < -0.4 is 14.2 Å². The molecular formula is C18H20BrNO3. The quantitative estimate of drug-likeness (QED) is 0.636. The Morgan fingerprint density at radius 1 is 1.04 bits per heavy atom. The van der Waals surface area contributed by atoms with Crippen LogP contribution in [0.4, 0.5) is 5.69 Å². The fraction of sp³-hybridized carbons (Fsp3) is 0.278. The van der Waals surface area contributed by atoms with E-state index in [4.69, 9.17) is 14.2 Å². The minimum absolute atomic E-state index is 0.578. The maximum atomic E-state index is 5.58. The zero-order valence-electron chi connectivity index (χ0n) is 13.5. The average Bonchev–Trinajstić information content (AvgIpc) is 2.56. The highest BCUT2D eigenvalue weighted by molar-refractivity contribution is 9.10. The SMILES string of the molecule is CCOc1ccc(N=Cc2cc(Br)c(OCC)c(OC)c2)cc1. The van der Waals surface area contributed by atoms with Crippen LogP contribution in [-0.2, 0) is 0 Å². The molecule has 0 aliphatic rings. The minimum atomic E-state index is 0.578. The van der Waals surface area contributed by atoms with Gasteiger partial charge in [-0.05, 0) is 71.7 Å². The third-order valence-corrected chi connectivity index (χ3v) is 3.64. The van der Waals surface area contributed by atoms with Gasteiger partial charge in [-0.2, -0.15) is 0 Å². The van der Waals surface area contributed by atoms with Crippen molar-refractivity contribution in [1.82, 2.24) is 0 Å². The molecule has 0 saturated heterocycles. The molecule has 2 aromatic rings. The Bertz CT molecular complexity index is 669. The number of ether oxygens (including phenoxy) is 3. The Kier molecular flexibility index (Phi) is 6.47. The largest absolute Gasteiger partial charge is 0.494 e. The van der Waals surface area contributed by atoms with E-state index >= 15 is 0 Å². The van der Waals surface area contributed by atoms with Gasteiger partial charge in [-0.1, -0.05) is 0 Å². The van der Waals surface area contributed by atoms with E-state index in [2.05, 4.69) is 20.9 Å². The first-order valence-corrected chi connectivity index (χ1v) is 8.24. The van der Waals surface area contributed by atoms with Gasteiger partial charge in [0.15, 0.2) is 11.5 Å². The van der Waals surface area contributed by atoms with E-state index in [1.54, 1.807) is 13.3 Å². The van der Waals surface area contributed by atoms with Gasteiger partial charge in [0.2, 0.25) is 0 Å². The molecule has 0 aliphatic heterocycles. The molecule has 0 aliphatic carbocycles. The molecule has 0 bridgehead atoms. The van der Waals surface area contributed by atoms with Crippen molar-refractivity contribution in [2.45, 2.75) is 13.8 Å². The molecule has 23 heavy (non-hydrogen) atoms. The molecule has 0 radical (unpaired) electrons. The van der Waals surface area contributed by atoms with Crippen molar-refractivity contribution in [2.24, 2.45) is 4.99 Å². The average molecular weight is 378 g/mol. The van der Waals surface area contributed by atoms with Crippen LogP contribution in [0.1, 0.15) is 19.4 Å². The van der Waals surface area contributed by atoms with Gasteiger partial charge in [0, 0.05) is 6.21 Å². The number of nitrogens with zero attached hydrogens (tertiary/aromatic N) is 1. The summed E-state index contributed by atoms with van der Waals surface area (Å²) >= 11 is 3.51. The van der Waals surface area contributed by atoms with Gasteiger partial charge in [0.05, 0.1) is 30.5 Å². The van der Waals surface area contributed by atoms with Crippen LogP contribution in [0.2, 0.25) is 0 Å². The van der Waals surface area contributed by atoms with Crippen LogP contribution >= 0.6 is 15.9 Å². The first kappa shape index (κ1) is 17.3. The third kappa shape index (κ3) is 4.73. The molecule has 0 aromatic heterocycles. The fourth-order valence-corrected chi connectivity index (χ4v) is 2.62. The second kappa shape index (κ2) is 8.58. The summed E-state index contributed by atoms with van der Waals surface area (Å²) in [6.07, 6.45) is 1.79. The molecular weight excluding hydrogens is 358 g/mol. The second-order valence-electron chi connectivity index (χ2n) is 4.65. The molecule has 5 heteroatoms. The van der Waals surface area contributed by atoms with E-state index in [0.29, 0.717) is 24.7 Å². The van der Waals surface area contributed by atoms with Gasteiger partial charge in [-0.15, -0.1) is 0 Å². The summed E-state index contributed by atoms with van der Waals surface area (Å²) in [5.41, 5.74) is 1.78.